The van der Waals surface area contributed by atoms with Gasteiger partial charge in [0.15, 0.2) is 6.54 Å². The zero-order valence-corrected chi connectivity index (χ0v) is 15.9. The second-order valence-corrected chi connectivity index (χ2v) is 6.83. The fourth-order valence-electron chi connectivity index (χ4n) is 3.40. The molecule has 1 heterocycles. The molecule has 1 atom stereocenters. The minimum atomic E-state index is -0.0865. The fourth-order valence-corrected chi connectivity index (χ4v) is 3.40. The van der Waals surface area contributed by atoms with Crippen LogP contribution in [0.4, 0.5) is 5.69 Å². The lowest BCUT2D eigenvalue weighted by molar-refractivity contribution is -0.682. The Morgan fingerprint density at radius 3 is 2.57 bits per heavy atom. The van der Waals surface area contributed by atoms with E-state index in [2.05, 4.69) is 24.4 Å². The van der Waals surface area contributed by atoms with Crippen LogP contribution in [0.15, 0.2) is 71.1 Å². The standard InChI is InChI=1S/C23H22N2O3/c1-15(16-8-4-3-5-9-16)24-14-23(26)25-19-13-21-18(12-22(19)27-2)17-10-6-7-11-20(17)28-21/h3-13,15,24H,14H2,1-2H3,(H,25,26)/p+1/t15-/m0/s1. The summed E-state index contributed by atoms with van der Waals surface area (Å²) in [6, 6.07) is 21.9. The van der Waals surface area contributed by atoms with Crippen LogP contribution in [0.3, 0.4) is 0 Å². The number of ether oxygens (including phenoxy) is 1. The van der Waals surface area contributed by atoms with Gasteiger partial charge in [-0.1, -0.05) is 48.5 Å². The second-order valence-electron chi connectivity index (χ2n) is 6.83. The van der Waals surface area contributed by atoms with Crippen LogP contribution >= 0.6 is 0 Å². The number of amides is 1. The number of anilines is 1. The number of quaternary nitrogens is 1. The van der Waals surface area contributed by atoms with E-state index in [0.29, 0.717) is 18.0 Å². The van der Waals surface area contributed by atoms with Crippen LogP contribution < -0.4 is 15.4 Å². The maximum absolute atomic E-state index is 12.5. The number of nitrogens with two attached hydrogens (primary N) is 1. The summed E-state index contributed by atoms with van der Waals surface area (Å²) in [6.07, 6.45) is 0. The van der Waals surface area contributed by atoms with Gasteiger partial charge in [-0.3, -0.25) is 4.79 Å². The van der Waals surface area contributed by atoms with Crippen LogP contribution in [0.5, 0.6) is 5.75 Å². The van der Waals surface area contributed by atoms with Gasteiger partial charge in [-0.25, -0.2) is 0 Å². The van der Waals surface area contributed by atoms with Gasteiger partial charge in [0.25, 0.3) is 5.91 Å². The molecular formula is C23H23N2O3+. The molecule has 0 saturated carbocycles. The van der Waals surface area contributed by atoms with E-state index in [1.165, 1.54) is 5.56 Å². The summed E-state index contributed by atoms with van der Waals surface area (Å²) in [5, 5.41) is 6.95. The van der Waals surface area contributed by atoms with Gasteiger partial charge in [0, 0.05) is 22.4 Å². The second kappa shape index (κ2) is 7.74. The molecule has 0 saturated heterocycles. The molecule has 0 spiro atoms. The Balaban J connectivity index is 1.52. The highest BCUT2D eigenvalue weighted by molar-refractivity contribution is 6.07. The molecule has 3 aromatic carbocycles. The summed E-state index contributed by atoms with van der Waals surface area (Å²) in [6.45, 7) is 2.40. The average Bonchev–Trinajstić information content (AvgIpc) is 3.09. The minimum Gasteiger partial charge on any atom is -0.495 e. The molecule has 0 aliphatic rings. The largest absolute Gasteiger partial charge is 0.495 e. The van der Waals surface area contributed by atoms with Gasteiger partial charge in [-0.05, 0) is 19.1 Å². The number of benzene rings is 3. The van der Waals surface area contributed by atoms with Crippen LogP contribution in [0.25, 0.3) is 21.9 Å². The van der Waals surface area contributed by atoms with Crippen LogP contribution in [0.1, 0.15) is 18.5 Å². The summed E-state index contributed by atoms with van der Waals surface area (Å²) in [5.41, 5.74) is 3.34. The highest BCUT2D eigenvalue weighted by Gasteiger charge is 2.16. The summed E-state index contributed by atoms with van der Waals surface area (Å²) in [4.78, 5) is 12.5. The first kappa shape index (κ1) is 18.1. The van der Waals surface area contributed by atoms with Crippen LogP contribution in [0, 0.1) is 0 Å². The summed E-state index contributed by atoms with van der Waals surface area (Å²) in [7, 11) is 1.60. The van der Waals surface area contributed by atoms with Gasteiger partial charge < -0.3 is 19.8 Å². The molecule has 1 aromatic heterocycles. The lowest BCUT2D eigenvalue weighted by atomic mass is 10.1. The number of methoxy groups -OCH3 is 1. The smallest absolute Gasteiger partial charge is 0.279 e. The van der Waals surface area contributed by atoms with Crippen molar-refractivity contribution in [1.29, 1.82) is 0 Å². The van der Waals surface area contributed by atoms with E-state index in [9.17, 15) is 4.79 Å². The average molecular weight is 375 g/mol. The molecule has 0 radical (unpaired) electrons. The molecule has 0 aliphatic heterocycles. The number of fused-ring (bicyclic) bond motifs is 3. The number of furan rings is 1. The number of para-hydroxylation sites is 1. The Hall–Kier alpha value is -3.31. The third-order valence-corrected chi connectivity index (χ3v) is 4.96. The molecule has 3 N–H and O–H groups in total. The van der Waals surface area contributed by atoms with Crippen LogP contribution in [-0.4, -0.2) is 19.6 Å². The molecule has 28 heavy (non-hydrogen) atoms. The zero-order valence-electron chi connectivity index (χ0n) is 15.9. The van der Waals surface area contributed by atoms with Gasteiger partial charge in [-0.2, -0.15) is 0 Å². The van der Waals surface area contributed by atoms with E-state index in [1.54, 1.807) is 7.11 Å². The van der Waals surface area contributed by atoms with Crippen molar-refractivity contribution in [2.45, 2.75) is 13.0 Å². The number of hydrogen-bond donors (Lipinski definition) is 2. The molecule has 0 bridgehead atoms. The summed E-state index contributed by atoms with van der Waals surface area (Å²) < 4.78 is 11.4. The van der Waals surface area contributed by atoms with Crippen LogP contribution in [-0.2, 0) is 4.79 Å². The summed E-state index contributed by atoms with van der Waals surface area (Å²) in [5.74, 6) is 0.528. The zero-order chi connectivity index (χ0) is 19.5. The van der Waals surface area contributed by atoms with Gasteiger partial charge >= 0.3 is 0 Å². The quantitative estimate of drug-likeness (QED) is 0.538. The van der Waals surface area contributed by atoms with Gasteiger partial charge in [-0.15, -0.1) is 0 Å². The molecule has 0 aliphatic carbocycles. The number of hydrogen-bond acceptors (Lipinski definition) is 3. The molecule has 4 rings (SSSR count). The molecule has 5 nitrogen and oxygen atoms in total. The van der Waals surface area contributed by atoms with Crippen molar-refractivity contribution in [2.24, 2.45) is 0 Å². The fraction of sp³-hybridized carbons (Fsp3) is 0.174. The highest BCUT2D eigenvalue weighted by atomic mass is 16.5. The predicted octanol–water partition coefficient (Wildman–Crippen LogP) is 3.86. The van der Waals surface area contributed by atoms with Crippen LogP contribution in [0.2, 0.25) is 0 Å². The van der Waals surface area contributed by atoms with E-state index in [-0.39, 0.29) is 11.9 Å². The van der Waals surface area contributed by atoms with E-state index in [1.807, 2.05) is 59.9 Å². The molecule has 5 heteroatoms. The highest BCUT2D eigenvalue weighted by Crippen LogP contribution is 2.36. The van der Waals surface area contributed by atoms with Gasteiger partial charge in [0.2, 0.25) is 0 Å². The van der Waals surface area contributed by atoms with Gasteiger partial charge in [0.1, 0.15) is 23.0 Å². The number of carbonyl (C=O) groups excluding carboxylic acids is 1. The Labute approximate surface area is 163 Å². The minimum absolute atomic E-state index is 0.0865. The Morgan fingerprint density at radius 2 is 1.79 bits per heavy atom. The maximum atomic E-state index is 12.5. The van der Waals surface area contributed by atoms with Crippen molar-refractivity contribution < 1.29 is 19.3 Å². The Kier molecular flexibility index (Phi) is 5.00. The molecule has 0 fully saturated rings. The first-order valence-electron chi connectivity index (χ1n) is 9.33. The SMILES string of the molecule is COc1cc2c(cc1NC(=O)C[NH2+][C@@H](C)c1ccccc1)oc1ccccc12. The van der Waals surface area contributed by atoms with E-state index in [4.69, 9.17) is 9.15 Å². The Morgan fingerprint density at radius 1 is 1.04 bits per heavy atom. The molecule has 4 aromatic rings. The van der Waals surface area contributed by atoms with Crippen molar-refractivity contribution in [1.82, 2.24) is 0 Å². The first-order valence-corrected chi connectivity index (χ1v) is 9.33. The maximum Gasteiger partial charge on any atom is 0.279 e. The number of nitrogens with one attached hydrogen (secondary N) is 1. The van der Waals surface area contributed by atoms with E-state index < -0.39 is 0 Å². The van der Waals surface area contributed by atoms with Gasteiger partial charge in [0.05, 0.1) is 12.8 Å². The molecular weight excluding hydrogens is 352 g/mol. The third-order valence-electron chi connectivity index (χ3n) is 4.96. The summed E-state index contributed by atoms with van der Waals surface area (Å²) >= 11 is 0. The first-order chi connectivity index (χ1) is 13.7. The molecule has 1 amide bonds. The topological polar surface area (TPSA) is 68.1 Å². The Bertz CT molecular complexity index is 1120. The van der Waals surface area contributed by atoms with E-state index in [0.717, 1.165) is 21.9 Å². The monoisotopic (exact) mass is 375 g/mol. The van der Waals surface area contributed by atoms with Crippen molar-refractivity contribution in [3.63, 3.8) is 0 Å². The van der Waals surface area contributed by atoms with Crippen molar-refractivity contribution >= 4 is 33.5 Å². The van der Waals surface area contributed by atoms with Crippen molar-refractivity contribution in [3.05, 3.63) is 72.3 Å². The predicted molar refractivity (Wildman–Crippen MR) is 111 cm³/mol. The molecule has 0 unspecified atom stereocenters. The molecule has 142 valence electrons. The lowest BCUT2D eigenvalue weighted by Crippen LogP contribution is -2.86. The normalized spacial score (nSPS) is 12.2. The van der Waals surface area contributed by atoms with E-state index >= 15 is 0 Å². The lowest BCUT2D eigenvalue weighted by Gasteiger charge is -2.12. The number of carbonyl (C=O) groups is 1. The van der Waals surface area contributed by atoms with Crippen molar-refractivity contribution in [2.75, 3.05) is 19.0 Å². The number of rotatable bonds is 6. The van der Waals surface area contributed by atoms with Crippen molar-refractivity contribution in [3.8, 4) is 5.75 Å². The third kappa shape index (κ3) is 3.57.